The van der Waals surface area contributed by atoms with Gasteiger partial charge in [-0.05, 0) is 37.5 Å². The lowest BCUT2D eigenvalue weighted by molar-refractivity contribution is -0.147. The summed E-state index contributed by atoms with van der Waals surface area (Å²) in [6.45, 7) is 3.69. The van der Waals surface area contributed by atoms with Gasteiger partial charge >= 0.3 is 11.9 Å². The number of rotatable bonds is 4. The standard InChI is InChI=1S/C14H22O4/c1-11(15)17-9-13-7-5-3-4-6-8-14(13)10-18-12(2)16/h3-4,13-14H,5-10H2,1-2H3. The van der Waals surface area contributed by atoms with Crippen molar-refractivity contribution in [3.63, 3.8) is 0 Å². The number of hydrogen-bond donors (Lipinski definition) is 0. The number of allylic oxidation sites excluding steroid dienone is 2. The van der Waals surface area contributed by atoms with Gasteiger partial charge in [0, 0.05) is 13.8 Å². The number of carbonyl (C=O) groups is 2. The maximum Gasteiger partial charge on any atom is 0.302 e. The van der Waals surface area contributed by atoms with Gasteiger partial charge < -0.3 is 9.47 Å². The second kappa shape index (κ2) is 7.90. The summed E-state index contributed by atoms with van der Waals surface area (Å²) in [5, 5.41) is 0. The molecule has 0 amide bonds. The van der Waals surface area contributed by atoms with Crippen LogP contribution in [0.4, 0.5) is 0 Å². The summed E-state index contributed by atoms with van der Waals surface area (Å²) < 4.78 is 10.2. The molecule has 0 heterocycles. The predicted octanol–water partition coefficient (Wildman–Crippen LogP) is 2.48. The van der Waals surface area contributed by atoms with Gasteiger partial charge in [0.2, 0.25) is 0 Å². The van der Waals surface area contributed by atoms with Crippen LogP contribution in [0.15, 0.2) is 12.2 Å². The third-order valence-electron chi connectivity index (χ3n) is 3.24. The van der Waals surface area contributed by atoms with E-state index in [9.17, 15) is 9.59 Å². The Morgan fingerprint density at radius 3 is 1.67 bits per heavy atom. The average molecular weight is 254 g/mol. The first-order valence-electron chi connectivity index (χ1n) is 6.51. The Bertz CT molecular complexity index is 279. The Kier molecular flexibility index (Phi) is 6.47. The average Bonchev–Trinajstić information content (AvgIpc) is 2.26. The van der Waals surface area contributed by atoms with Crippen molar-refractivity contribution >= 4 is 11.9 Å². The Morgan fingerprint density at radius 2 is 1.33 bits per heavy atom. The molecule has 0 aromatic rings. The van der Waals surface area contributed by atoms with Crippen molar-refractivity contribution in [2.24, 2.45) is 11.8 Å². The van der Waals surface area contributed by atoms with Gasteiger partial charge in [0.25, 0.3) is 0 Å². The summed E-state index contributed by atoms with van der Waals surface area (Å²) in [5.74, 6) is 0.0501. The Labute approximate surface area is 108 Å². The predicted molar refractivity (Wildman–Crippen MR) is 67.9 cm³/mol. The molecule has 4 heteroatoms. The van der Waals surface area contributed by atoms with Gasteiger partial charge in [0.15, 0.2) is 0 Å². The van der Waals surface area contributed by atoms with Crippen molar-refractivity contribution in [2.75, 3.05) is 13.2 Å². The highest BCUT2D eigenvalue weighted by molar-refractivity contribution is 5.66. The minimum Gasteiger partial charge on any atom is -0.466 e. The van der Waals surface area contributed by atoms with Gasteiger partial charge in [-0.2, -0.15) is 0 Å². The lowest BCUT2D eigenvalue weighted by atomic mass is 9.84. The van der Waals surface area contributed by atoms with E-state index in [1.54, 1.807) is 0 Å². The molecule has 1 aliphatic carbocycles. The van der Waals surface area contributed by atoms with Crippen molar-refractivity contribution in [1.82, 2.24) is 0 Å². The molecule has 0 saturated carbocycles. The second-order valence-electron chi connectivity index (χ2n) is 4.75. The second-order valence-corrected chi connectivity index (χ2v) is 4.75. The molecule has 2 atom stereocenters. The van der Waals surface area contributed by atoms with Crippen molar-refractivity contribution in [1.29, 1.82) is 0 Å². The third kappa shape index (κ3) is 5.84. The zero-order valence-corrected chi connectivity index (χ0v) is 11.2. The largest absolute Gasteiger partial charge is 0.466 e. The molecular weight excluding hydrogens is 232 g/mol. The van der Waals surface area contributed by atoms with Crippen LogP contribution in [-0.4, -0.2) is 25.2 Å². The molecule has 1 rings (SSSR count). The number of ether oxygens (including phenoxy) is 2. The molecule has 0 aromatic heterocycles. The quantitative estimate of drug-likeness (QED) is 0.571. The number of carbonyl (C=O) groups excluding carboxylic acids is 2. The van der Waals surface area contributed by atoms with Crippen LogP contribution in [0.2, 0.25) is 0 Å². The van der Waals surface area contributed by atoms with Gasteiger partial charge in [-0.1, -0.05) is 12.2 Å². The van der Waals surface area contributed by atoms with Crippen LogP contribution < -0.4 is 0 Å². The minimum absolute atomic E-state index is 0.251. The molecule has 0 fully saturated rings. The molecule has 1 aliphatic rings. The van der Waals surface area contributed by atoms with Gasteiger partial charge in [-0.15, -0.1) is 0 Å². The third-order valence-corrected chi connectivity index (χ3v) is 3.24. The van der Waals surface area contributed by atoms with Crippen molar-refractivity contribution < 1.29 is 19.1 Å². The van der Waals surface area contributed by atoms with Crippen molar-refractivity contribution in [3.8, 4) is 0 Å². The van der Waals surface area contributed by atoms with Crippen LogP contribution in [0.5, 0.6) is 0 Å². The summed E-state index contributed by atoms with van der Waals surface area (Å²) >= 11 is 0. The fourth-order valence-electron chi connectivity index (χ4n) is 2.22. The number of hydrogen-bond acceptors (Lipinski definition) is 4. The van der Waals surface area contributed by atoms with Crippen LogP contribution in [0.1, 0.15) is 39.5 Å². The fraction of sp³-hybridized carbons (Fsp3) is 0.714. The van der Waals surface area contributed by atoms with E-state index in [1.807, 2.05) is 0 Å². The van der Waals surface area contributed by atoms with E-state index in [4.69, 9.17) is 9.47 Å². The fourth-order valence-corrected chi connectivity index (χ4v) is 2.22. The molecule has 102 valence electrons. The van der Waals surface area contributed by atoms with E-state index in [0.717, 1.165) is 25.7 Å². The van der Waals surface area contributed by atoms with Gasteiger partial charge in [0.05, 0.1) is 13.2 Å². The zero-order chi connectivity index (χ0) is 13.4. The van der Waals surface area contributed by atoms with E-state index in [0.29, 0.717) is 13.2 Å². The first-order chi connectivity index (χ1) is 8.59. The Morgan fingerprint density at radius 1 is 0.944 bits per heavy atom. The van der Waals surface area contributed by atoms with E-state index in [2.05, 4.69) is 12.2 Å². The first kappa shape index (κ1) is 14.7. The maximum absolute atomic E-state index is 10.9. The molecule has 0 spiro atoms. The SMILES string of the molecule is CC(=O)OCC1CCC=CCCC1COC(C)=O. The van der Waals surface area contributed by atoms with E-state index in [1.165, 1.54) is 13.8 Å². The first-order valence-corrected chi connectivity index (χ1v) is 6.51. The van der Waals surface area contributed by atoms with Crippen LogP contribution in [0.3, 0.4) is 0 Å². The summed E-state index contributed by atoms with van der Waals surface area (Å²) in [6, 6.07) is 0. The summed E-state index contributed by atoms with van der Waals surface area (Å²) in [6.07, 6.45) is 8.25. The molecule has 0 aliphatic heterocycles. The topological polar surface area (TPSA) is 52.6 Å². The Hall–Kier alpha value is -1.32. The monoisotopic (exact) mass is 254 g/mol. The van der Waals surface area contributed by atoms with Crippen LogP contribution in [0, 0.1) is 11.8 Å². The molecule has 2 unspecified atom stereocenters. The summed E-state index contributed by atoms with van der Waals surface area (Å²) in [5.41, 5.74) is 0. The molecule has 0 N–H and O–H groups in total. The molecule has 0 aromatic carbocycles. The van der Waals surface area contributed by atoms with Crippen LogP contribution in [0.25, 0.3) is 0 Å². The smallest absolute Gasteiger partial charge is 0.302 e. The van der Waals surface area contributed by atoms with Crippen LogP contribution in [-0.2, 0) is 19.1 Å². The molecule has 0 radical (unpaired) electrons. The summed E-state index contributed by atoms with van der Waals surface area (Å²) in [4.78, 5) is 21.8. The lowest BCUT2D eigenvalue weighted by Gasteiger charge is -2.27. The van der Waals surface area contributed by atoms with E-state index in [-0.39, 0.29) is 23.8 Å². The molecule has 18 heavy (non-hydrogen) atoms. The molecular formula is C14H22O4. The molecule has 0 bridgehead atoms. The highest BCUT2D eigenvalue weighted by atomic mass is 16.5. The van der Waals surface area contributed by atoms with Crippen molar-refractivity contribution in [2.45, 2.75) is 39.5 Å². The zero-order valence-electron chi connectivity index (χ0n) is 11.2. The maximum atomic E-state index is 10.9. The normalized spacial score (nSPS) is 23.9. The van der Waals surface area contributed by atoms with E-state index < -0.39 is 0 Å². The van der Waals surface area contributed by atoms with Gasteiger partial charge in [0.1, 0.15) is 0 Å². The summed E-state index contributed by atoms with van der Waals surface area (Å²) in [7, 11) is 0. The molecule has 0 saturated heterocycles. The van der Waals surface area contributed by atoms with Crippen molar-refractivity contribution in [3.05, 3.63) is 12.2 Å². The Balaban J connectivity index is 2.54. The highest BCUT2D eigenvalue weighted by Gasteiger charge is 2.23. The molecule has 4 nitrogen and oxygen atoms in total. The minimum atomic E-state index is -0.251. The van der Waals surface area contributed by atoms with Gasteiger partial charge in [-0.25, -0.2) is 0 Å². The van der Waals surface area contributed by atoms with Gasteiger partial charge in [-0.3, -0.25) is 9.59 Å². The number of esters is 2. The van der Waals surface area contributed by atoms with Crippen LogP contribution >= 0.6 is 0 Å². The highest BCUT2D eigenvalue weighted by Crippen LogP contribution is 2.26. The van der Waals surface area contributed by atoms with E-state index >= 15 is 0 Å². The lowest BCUT2D eigenvalue weighted by Crippen LogP contribution is -2.26.